The van der Waals surface area contributed by atoms with Gasteiger partial charge in [0.15, 0.2) is 5.17 Å². The molecule has 1 amide bonds. The monoisotopic (exact) mass is 422 g/mol. The largest absolute Gasteiger partial charge is 0.279 e. The van der Waals surface area contributed by atoms with Crippen LogP contribution in [0.4, 0.5) is 8.78 Å². The minimum Gasteiger partial charge on any atom is -0.279 e. The third-order valence-corrected chi connectivity index (χ3v) is 6.67. The number of rotatable bonds is 2. The average molecular weight is 423 g/mol. The first-order chi connectivity index (χ1) is 14.5. The first-order valence-corrected chi connectivity index (χ1v) is 11.0. The third kappa shape index (κ3) is 3.39. The Kier molecular flexibility index (Phi) is 4.82. The van der Waals surface area contributed by atoms with Crippen LogP contribution in [0.25, 0.3) is 6.08 Å². The summed E-state index contributed by atoms with van der Waals surface area (Å²) in [4.78, 5) is 19.4. The van der Waals surface area contributed by atoms with Gasteiger partial charge in [-0.25, -0.2) is 13.8 Å². The smallest absolute Gasteiger partial charge is 0.239 e. The molecule has 0 saturated carbocycles. The number of allylic oxidation sites excluding steroid dienone is 1. The van der Waals surface area contributed by atoms with Gasteiger partial charge in [-0.2, -0.15) is 0 Å². The van der Waals surface area contributed by atoms with Crippen molar-refractivity contribution in [2.24, 2.45) is 10.9 Å². The van der Waals surface area contributed by atoms with Crippen LogP contribution in [-0.4, -0.2) is 21.7 Å². The second-order valence-corrected chi connectivity index (χ2v) is 8.95. The van der Waals surface area contributed by atoms with E-state index < -0.39 is 0 Å². The highest BCUT2D eigenvalue weighted by atomic mass is 32.2. The summed E-state index contributed by atoms with van der Waals surface area (Å²) in [5.41, 5.74) is 4.91. The van der Waals surface area contributed by atoms with Crippen molar-refractivity contribution in [2.75, 3.05) is 5.75 Å². The van der Waals surface area contributed by atoms with E-state index in [2.05, 4.69) is 13.0 Å². The van der Waals surface area contributed by atoms with Gasteiger partial charge in [0.1, 0.15) is 11.6 Å². The predicted molar refractivity (Wildman–Crippen MR) is 116 cm³/mol. The highest BCUT2D eigenvalue weighted by molar-refractivity contribution is 8.15. The van der Waals surface area contributed by atoms with Crippen molar-refractivity contribution >= 4 is 28.9 Å². The van der Waals surface area contributed by atoms with Crippen LogP contribution in [0, 0.1) is 17.6 Å². The molecule has 3 aliphatic rings. The molecular formula is C24H20F2N2OS. The molecule has 5 rings (SSSR count). The topological polar surface area (TPSA) is 32.7 Å². The highest BCUT2D eigenvalue weighted by Crippen LogP contribution is 2.48. The second kappa shape index (κ2) is 7.51. The van der Waals surface area contributed by atoms with Crippen LogP contribution in [0.3, 0.4) is 0 Å². The highest BCUT2D eigenvalue weighted by Gasteiger charge is 2.43. The van der Waals surface area contributed by atoms with Crippen LogP contribution < -0.4 is 0 Å². The molecule has 0 aromatic heterocycles. The van der Waals surface area contributed by atoms with E-state index >= 15 is 0 Å². The van der Waals surface area contributed by atoms with E-state index in [9.17, 15) is 13.6 Å². The Morgan fingerprint density at radius 2 is 1.70 bits per heavy atom. The number of hydrogen-bond donors (Lipinski definition) is 0. The Hall–Kier alpha value is -2.73. The van der Waals surface area contributed by atoms with Crippen LogP contribution in [0.1, 0.15) is 36.9 Å². The second-order valence-electron chi connectivity index (χ2n) is 8.01. The number of amidine groups is 1. The summed E-state index contributed by atoms with van der Waals surface area (Å²) < 4.78 is 26.9. The number of benzene rings is 2. The molecule has 1 fully saturated rings. The number of carbonyl (C=O) groups is 1. The van der Waals surface area contributed by atoms with Gasteiger partial charge in [-0.3, -0.25) is 9.69 Å². The number of nitrogens with zero attached hydrogens (tertiary/aromatic N) is 2. The van der Waals surface area contributed by atoms with Crippen molar-refractivity contribution < 1.29 is 13.6 Å². The maximum absolute atomic E-state index is 13.6. The molecule has 2 aromatic carbocycles. The van der Waals surface area contributed by atoms with Crippen molar-refractivity contribution in [3.05, 3.63) is 88.1 Å². The quantitative estimate of drug-likeness (QED) is 0.620. The van der Waals surface area contributed by atoms with E-state index in [4.69, 9.17) is 4.99 Å². The number of hydrogen-bond acceptors (Lipinski definition) is 3. The summed E-state index contributed by atoms with van der Waals surface area (Å²) in [6.45, 7) is 2.18. The number of amides is 1. The molecule has 6 heteroatoms. The Labute approximate surface area is 178 Å². The maximum atomic E-state index is 13.6. The van der Waals surface area contributed by atoms with Crippen molar-refractivity contribution in [3.8, 4) is 0 Å². The molecule has 2 aromatic rings. The zero-order valence-corrected chi connectivity index (χ0v) is 17.3. The van der Waals surface area contributed by atoms with E-state index in [1.165, 1.54) is 36.0 Å². The first kappa shape index (κ1) is 19.2. The lowest BCUT2D eigenvalue weighted by Crippen LogP contribution is -2.39. The molecule has 0 spiro atoms. The summed E-state index contributed by atoms with van der Waals surface area (Å²) in [6, 6.07) is 12.6. The maximum Gasteiger partial charge on any atom is 0.239 e. The summed E-state index contributed by atoms with van der Waals surface area (Å²) in [7, 11) is 0. The summed E-state index contributed by atoms with van der Waals surface area (Å²) >= 11 is 1.44. The Morgan fingerprint density at radius 1 is 1.03 bits per heavy atom. The number of aliphatic imine (C=N–C) groups is 1. The molecule has 152 valence electrons. The molecule has 2 atom stereocenters. The molecule has 30 heavy (non-hydrogen) atoms. The Bertz CT molecular complexity index is 1100. The number of halogens is 2. The van der Waals surface area contributed by atoms with Gasteiger partial charge in [-0.15, -0.1) is 0 Å². The molecule has 0 bridgehead atoms. The van der Waals surface area contributed by atoms with Crippen LogP contribution in [-0.2, 0) is 4.79 Å². The molecule has 0 unspecified atom stereocenters. The molecular weight excluding hydrogens is 402 g/mol. The zero-order valence-electron chi connectivity index (χ0n) is 16.4. The van der Waals surface area contributed by atoms with Gasteiger partial charge in [0.05, 0.1) is 17.5 Å². The molecule has 1 aliphatic carbocycles. The molecule has 2 aliphatic heterocycles. The normalized spacial score (nSPS) is 24.8. The van der Waals surface area contributed by atoms with Gasteiger partial charge in [0.25, 0.3) is 0 Å². The van der Waals surface area contributed by atoms with Crippen molar-refractivity contribution in [3.63, 3.8) is 0 Å². The number of thioether (sulfide) groups is 1. The fourth-order valence-corrected chi connectivity index (χ4v) is 5.35. The van der Waals surface area contributed by atoms with E-state index in [0.717, 1.165) is 40.8 Å². The summed E-state index contributed by atoms with van der Waals surface area (Å²) in [5.74, 6) is 0.208. The van der Waals surface area contributed by atoms with E-state index in [1.807, 2.05) is 0 Å². The number of fused-ring (bicyclic) bond motifs is 1. The fourth-order valence-electron chi connectivity index (χ4n) is 4.45. The minimum absolute atomic E-state index is 0.0296. The first-order valence-electron chi connectivity index (χ1n) is 9.98. The molecule has 3 nitrogen and oxygen atoms in total. The van der Waals surface area contributed by atoms with Crippen LogP contribution in [0.15, 0.2) is 70.4 Å². The Balaban J connectivity index is 1.66. The third-order valence-electron chi connectivity index (χ3n) is 5.74. The molecule has 0 radical (unpaired) electrons. The lowest BCUT2D eigenvalue weighted by molar-refractivity contribution is -0.125. The van der Waals surface area contributed by atoms with Gasteiger partial charge < -0.3 is 0 Å². The number of carbonyl (C=O) groups excluding carboxylic acids is 1. The van der Waals surface area contributed by atoms with Gasteiger partial charge in [-0.05, 0) is 71.4 Å². The van der Waals surface area contributed by atoms with Gasteiger partial charge in [-0.1, -0.05) is 43.0 Å². The fraction of sp³-hybridized carbons (Fsp3) is 0.250. The molecule has 2 heterocycles. The SMILES string of the molecule is C[C@@H]1CC2=C(N=C3SCC(=O)N3[C@@H]2c2ccc(F)cc2)/C(=C/c2ccc(F)cc2)C1. The zero-order chi connectivity index (χ0) is 20.8. The van der Waals surface area contributed by atoms with Crippen molar-refractivity contribution in [1.82, 2.24) is 4.90 Å². The molecule has 1 saturated heterocycles. The minimum atomic E-state index is -0.298. The van der Waals surface area contributed by atoms with E-state index in [-0.39, 0.29) is 23.6 Å². The van der Waals surface area contributed by atoms with Crippen molar-refractivity contribution in [1.29, 1.82) is 0 Å². The lowest BCUT2D eigenvalue weighted by Gasteiger charge is -2.39. The molecule has 0 N–H and O–H groups in total. The predicted octanol–water partition coefficient (Wildman–Crippen LogP) is 5.72. The summed E-state index contributed by atoms with van der Waals surface area (Å²) in [5, 5.41) is 0.702. The Morgan fingerprint density at radius 3 is 2.40 bits per heavy atom. The van der Waals surface area contributed by atoms with Crippen LogP contribution in [0.2, 0.25) is 0 Å². The van der Waals surface area contributed by atoms with Gasteiger partial charge >= 0.3 is 0 Å². The standard InChI is InChI=1S/C24H20F2N2OS/c1-14-10-17(12-15-2-6-18(25)7-3-15)22-20(11-14)23(16-4-8-19(26)9-5-16)28-21(29)13-30-24(28)27-22/h2-9,12,14,23H,10-11,13H2,1H3/b17-12+/t14-,23+/m0/s1. The summed E-state index contributed by atoms with van der Waals surface area (Å²) in [6.07, 6.45) is 3.75. The van der Waals surface area contributed by atoms with Crippen LogP contribution >= 0.6 is 11.8 Å². The lowest BCUT2D eigenvalue weighted by atomic mass is 9.78. The average Bonchev–Trinajstić information content (AvgIpc) is 3.10. The van der Waals surface area contributed by atoms with E-state index in [1.54, 1.807) is 29.2 Å². The van der Waals surface area contributed by atoms with Gasteiger partial charge in [0.2, 0.25) is 5.91 Å². The van der Waals surface area contributed by atoms with Crippen LogP contribution in [0.5, 0.6) is 0 Å². The van der Waals surface area contributed by atoms with Crippen molar-refractivity contribution in [2.45, 2.75) is 25.8 Å². The van der Waals surface area contributed by atoms with Gasteiger partial charge in [0, 0.05) is 0 Å². The van der Waals surface area contributed by atoms with E-state index in [0.29, 0.717) is 16.8 Å².